The zero-order valence-corrected chi connectivity index (χ0v) is 8.78. The van der Waals surface area contributed by atoms with Crippen LogP contribution in [0.3, 0.4) is 0 Å². The molecule has 0 aromatic heterocycles. The van der Waals surface area contributed by atoms with Crippen LogP contribution >= 0.6 is 15.9 Å². The van der Waals surface area contributed by atoms with Crippen LogP contribution in [0.25, 0.3) is 0 Å². The van der Waals surface area contributed by atoms with Gasteiger partial charge in [0.25, 0.3) is 0 Å². The molecule has 0 radical (unpaired) electrons. The molecule has 5 heteroatoms. The quantitative estimate of drug-likeness (QED) is 0.751. The molecule has 1 rings (SSSR count). The van der Waals surface area contributed by atoms with Crippen molar-refractivity contribution in [2.75, 3.05) is 7.11 Å². The van der Waals surface area contributed by atoms with E-state index in [9.17, 15) is 0 Å². The number of benzene rings is 1. The summed E-state index contributed by atoms with van der Waals surface area (Å²) in [4.78, 5) is 0. The molecule has 2 N–H and O–H groups in total. The van der Waals surface area contributed by atoms with Gasteiger partial charge in [0.05, 0.1) is 6.61 Å². The summed E-state index contributed by atoms with van der Waals surface area (Å²) >= 11 is 3.31. The average Bonchev–Trinajstić information content (AvgIpc) is 2.08. The van der Waals surface area contributed by atoms with Gasteiger partial charge in [-0.15, -0.1) is 0 Å². The number of halogens is 1. The van der Waals surface area contributed by atoms with E-state index < -0.39 is 7.12 Å². The second-order valence-electron chi connectivity index (χ2n) is 2.66. The fraction of sp³-hybridized carbons (Fsp3) is 0.250. The Morgan fingerprint density at radius 3 is 2.62 bits per heavy atom. The minimum atomic E-state index is -1.42. The molecule has 0 unspecified atom stereocenters. The number of rotatable bonds is 3. The van der Waals surface area contributed by atoms with E-state index in [0.29, 0.717) is 12.1 Å². The molecule has 0 spiro atoms. The summed E-state index contributed by atoms with van der Waals surface area (Å²) in [5.41, 5.74) is 1.44. The minimum absolute atomic E-state index is 0.465. The Labute approximate surface area is 85.6 Å². The summed E-state index contributed by atoms with van der Waals surface area (Å²) in [7, 11) is 0.189. The number of hydrogen-bond acceptors (Lipinski definition) is 3. The van der Waals surface area contributed by atoms with Crippen molar-refractivity contribution in [2.24, 2.45) is 0 Å². The number of hydrogen-bond donors (Lipinski definition) is 2. The lowest BCUT2D eigenvalue weighted by Gasteiger charge is -2.05. The number of methoxy groups -OCH3 is 1. The van der Waals surface area contributed by atoms with Crippen LogP contribution < -0.4 is 5.46 Å². The Balaban J connectivity index is 2.92. The van der Waals surface area contributed by atoms with Crippen LogP contribution in [-0.2, 0) is 11.3 Å². The highest BCUT2D eigenvalue weighted by Crippen LogP contribution is 2.15. The smallest absolute Gasteiger partial charge is 0.423 e. The summed E-state index contributed by atoms with van der Waals surface area (Å²) in [5, 5.41) is 17.7. The fourth-order valence-electron chi connectivity index (χ4n) is 0.997. The maximum Gasteiger partial charge on any atom is 0.488 e. The summed E-state index contributed by atoms with van der Waals surface area (Å²) in [5.74, 6) is 0. The van der Waals surface area contributed by atoms with E-state index in [-0.39, 0.29) is 0 Å². The molecule has 0 bridgehead atoms. The van der Waals surface area contributed by atoms with Crippen molar-refractivity contribution in [3.8, 4) is 0 Å². The van der Waals surface area contributed by atoms with Crippen LogP contribution in [0.15, 0.2) is 22.7 Å². The Morgan fingerprint density at radius 2 is 2.15 bits per heavy atom. The third-order valence-corrected chi connectivity index (χ3v) is 2.41. The molecule has 0 aliphatic carbocycles. The predicted molar refractivity (Wildman–Crippen MR) is 54.7 cm³/mol. The summed E-state index contributed by atoms with van der Waals surface area (Å²) < 4.78 is 5.77. The average molecular weight is 245 g/mol. The third-order valence-electron chi connectivity index (χ3n) is 1.68. The van der Waals surface area contributed by atoms with Crippen LogP contribution in [0.5, 0.6) is 0 Å². The van der Waals surface area contributed by atoms with E-state index in [1.165, 1.54) is 0 Å². The van der Waals surface area contributed by atoms with Gasteiger partial charge < -0.3 is 14.8 Å². The molecule has 0 aliphatic heterocycles. The molecule has 0 saturated heterocycles. The van der Waals surface area contributed by atoms with Gasteiger partial charge in [-0.05, 0) is 17.1 Å². The molecular weight excluding hydrogens is 235 g/mol. The molecule has 0 saturated carbocycles. The molecule has 0 amide bonds. The first kappa shape index (κ1) is 10.7. The van der Waals surface area contributed by atoms with E-state index in [1.807, 2.05) is 0 Å². The first-order valence-corrected chi connectivity index (χ1v) is 4.58. The lowest BCUT2D eigenvalue weighted by molar-refractivity contribution is 0.184. The second-order valence-corrected chi connectivity index (χ2v) is 3.51. The SMILES string of the molecule is COCc1ccc(B(O)O)cc1Br. The van der Waals surface area contributed by atoms with Crippen molar-refractivity contribution >= 4 is 28.5 Å². The van der Waals surface area contributed by atoms with Gasteiger partial charge >= 0.3 is 7.12 Å². The highest BCUT2D eigenvalue weighted by Gasteiger charge is 2.11. The van der Waals surface area contributed by atoms with Gasteiger partial charge in [-0.25, -0.2) is 0 Å². The maximum absolute atomic E-state index is 8.87. The molecule has 0 atom stereocenters. The topological polar surface area (TPSA) is 49.7 Å². The lowest BCUT2D eigenvalue weighted by Crippen LogP contribution is -2.29. The van der Waals surface area contributed by atoms with Crippen LogP contribution in [0.2, 0.25) is 0 Å². The van der Waals surface area contributed by atoms with Gasteiger partial charge in [-0.1, -0.05) is 28.1 Å². The molecular formula is C8H10BBrO3. The van der Waals surface area contributed by atoms with E-state index in [4.69, 9.17) is 14.8 Å². The zero-order chi connectivity index (χ0) is 9.84. The van der Waals surface area contributed by atoms with Crippen LogP contribution in [0.4, 0.5) is 0 Å². The fourth-order valence-corrected chi connectivity index (χ4v) is 1.51. The maximum atomic E-state index is 8.87. The largest absolute Gasteiger partial charge is 0.488 e. The molecule has 0 heterocycles. The molecule has 3 nitrogen and oxygen atoms in total. The van der Waals surface area contributed by atoms with Gasteiger partial charge in [0, 0.05) is 11.6 Å². The van der Waals surface area contributed by atoms with Crippen LogP contribution in [-0.4, -0.2) is 24.3 Å². The Morgan fingerprint density at radius 1 is 1.46 bits per heavy atom. The summed E-state index contributed by atoms with van der Waals surface area (Å²) in [6.07, 6.45) is 0. The van der Waals surface area contributed by atoms with Crippen molar-refractivity contribution in [3.05, 3.63) is 28.2 Å². The zero-order valence-electron chi connectivity index (χ0n) is 7.20. The first-order chi connectivity index (χ1) is 6.15. The van der Waals surface area contributed by atoms with E-state index in [0.717, 1.165) is 10.0 Å². The predicted octanol–water partition coefficient (Wildman–Crippen LogP) is 0.275. The normalized spacial score (nSPS) is 10.2. The Hall–Kier alpha value is -0.355. The second kappa shape index (κ2) is 4.76. The highest BCUT2D eigenvalue weighted by molar-refractivity contribution is 9.10. The van der Waals surface area contributed by atoms with Crippen molar-refractivity contribution in [3.63, 3.8) is 0 Å². The van der Waals surface area contributed by atoms with Crippen molar-refractivity contribution in [1.29, 1.82) is 0 Å². The Bertz CT molecular complexity index is 291. The van der Waals surface area contributed by atoms with E-state index >= 15 is 0 Å². The Kier molecular flexibility index (Phi) is 3.93. The minimum Gasteiger partial charge on any atom is -0.423 e. The van der Waals surface area contributed by atoms with Gasteiger partial charge in [0.2, 0.25) is 0 Å². The van der Waals surface area contributed by atoms with Gasteiger partial charge in [-0.2, -0.15) is 0 Å². The molecule has 70 valence electrons. The van der Waals surface area contributed by atoms with Crippen molar-refractivity contribution < 1.29 is 14.8 Å². The summed E-state index contributed by atoms with van der Waals surface area (Å²) in [6, 6.07) is 5.12. The molecule has 0 fully saturated rings. The van der Waals surface area contributed by atoms with Crippen LogP contribution in [0.1, 0.15) is 5.56 Å². The van der Waals surface area contributed by atoms with Gasteiger partial charge in [0.1, 0.15) is 0 Å². The standard InChI is InChI=1S/C8H10BBrO3/c1-13-5-6-2-3-7(9(11)12)4-8(6)10/h2-4,11-12H,5H2,1H3. The molecule has 13 heavy (non-hydrogen) atoms. The van der Waals surface area contributed by atoms with Gasteiger partial charge in [-0.3, -0.25) is 0 Å². The molecule has 1 aromatic carbocycles. The lowest BCUT2D eigenvalue weighted by atomic mass is 9.80. The van der Waals surface area contributed by atoms with Crippen LogP contribution in [0, 0.1) is 0 Å². The van der Waals surface area contributed by atoms with Gasteiger partial charge in [0.15, 0.2) is 0 Å². The number of ether oxygens (including phenoxy) is 1. The molecule has 0 aliphatic rings. The van der Waals surface area contributed by atoms with Crippen molar-refractivity contribution in [1.82, 2.24) is 0 Å². The monoisotopic (exact) mass is 244 g/mol. The van der Waals surface area contributed by atoms with Crippen molar-refractivity contribution in [2.45, 2.75) is 6.61 Å². The summed E-state index contributed by atoms with van der Waals surface area (Å²) in [6.45, 7) is 0.502. The first-order valence-electron chi connectivity index (χ1n) is 3.78. The molecule has 1 aromatic rings. The third kappa shape index (κ3) is 2.81. The highest BCUT2D eigenvalue weighted by atomic mass is 79.9. The van der Waals surface area contributed by atoms with E-state index in [1.54, 1.807) is 25.3 Å². The van der Waals surface area contributed by atoms with E-state index in [2.05, 4.69) is 15.9 Å².